The molecule has 3 aliphatic rings. The highest BCUT2D eigenvalue weighted by Gasteiger charge is 2.43. The zero-order valence-electron chi connectivity index (χ0n) is 14.7. The Hall–Kier alpha value is -2.24. The standard InChI is InChI=1S/C19H25N3O3/c1-25-17-5-3-2-4-16(17)20-8-10-21(11-9-20)19(24)14-12-18(23)22(13-14)15-6-7-15/h2-5,14-15H,6-13H2,1H3/t14-/m1/s1. The van der Waals surface area contributed by atoms with Crippen LogP contribution in [0.15, 0.2) is 24.3 Å². The van der Waals surface area contributed by atoms with E-state index >= 15 is 0 Å². The Bertz CT molecular complexity index is 666. The molecule has 6 nitrogen and oxygen atoms in total. The third kappa shape index (κ3) is 3.17. The van der Waals surface area contributed by atoms with E-state index in [1.54, 1.807) is 7.11 Å². The number of nitrogens with zero attached hydrogens (tertiary/aromatic N) is 3. The molecule has 134 valence electrons. The molecule has 0 radical (unpaired) electrons. The van der Waals surface area contributed by atoms with E-state index in [1.165, 1.54) is 0 Å². The van der Waals surface area contributed by atoms with Gasteiger partial charge in [0.05, 0.1) is 18.7 Å². The van der Waals surface area contributed by atoms with Crippen LogP contribution in [0.4, 0.5) is 5.69 Å². The van der Waals surface area contributed by atoms with Crippen molar-refractivity contribution in [2.75, 3.05) is 44.7 Å². The van der Waals surface area contributed by atoms with Crippen LogP contribution < -0.4 is 9.64 Å². The number of anilines is 1. The van der Waals surface area contributed by atoms with Crippen molar-refractivity contribution in [1.29, 1.82) is 0 Å². The Balaban J connectivity index is 1.35. The molecule has 1 saturated carbocycles. The molecule has 1 atom stereocenters. The molecule has 1 aromatic rings. The number of methoxy groups -OCH3 is 1. The summed E-state index contributed by atoms with van der Waals surface area (Å²) >= 11 is 0. The number of para-hydroxylation sites is 2. The molecule has 1 aromatic carbocycles. The minimum Gasteiger partial charge on any atom is -0.495 e. The maximum Gasteiger partial charge on any atom is 0.228 e. The Labute approximate surface area is 148 Å². The average Bonchev–Trinajstić information content (AvgIpc) is 3.43. The molecular weight excluding hydrogens is 318 g/mol. The van der Waals surface area contributed by atoms with Gasteiger partial charge in [-0.15, -0.1) is 0 Å². The Morgan fingerprint density at radius 2 is 1.84 bits per heavy atom. The largest absolute Gasteiger partial charge is 0.495 e. The van der Waals surface area contributed by atoms with Crippen molar-refractivity contribution >= 4 is 17.5 Å². The van der Waals surface area contributed by atoms with E-state index in [1.807, 2.05) is 28.0 Å². The number of hydrogen-bond donors (Lipinski definition) is 0. The predicted molar refractivity (Wildman–Crippen MR) is 94.6 cm³/mol. The van der Waals surface area contributed by atoms with Crippen LogP contribution in [0.5, 0.6) is 5.75 Å². The number of ether oxygens (including phenoxy) is 1. The van der Waals surface area contributed by atoms with Gasteiger partial charge in [0, 0.05) is 45.2 Å². The number of hydrogen-bond acceptors (Lipinski definition) is 4. The highest BCUT2D eigenvalue weighted by Crippen LogP contribution is 2.33. The third-order valence-electron chi connectivity index (χ3n) is 5.51. The van der Waals surface area contributed by atoms with E-state index in [2.05, 4.69) is 11.0 Å². The van der Waals surface area contributed by atoms with Gasteiger partial charge in [-0.25, -0.2) is 0 Å². The third-order valence-corrected chi connectivity index (χ3v) is 5.51. The average molecular weight is 343 g/mol. The summed E-state index contributed by atoms with van der Waals surface area (Å²) in [6, 6.07) is 8.40. The lowest BCUT2D eigenvalue weighted by molar-refractivity contribution is -0.136. The van der Waals surface area contributed by atoms with Gasteiger partial charge in [0.1, 0.15) is 5.75 Å². The van der Waals surface area contributed by atoms with E-state index in [0.29, 0.717) is 32.1 Å². The van der Waals surface area contributed by atoms with Crippen molar-refractivity contribution in [2.45, 2.75) is 25.3 Å². The molecule has 0 unspecified atom stereocenters. The number of likely N-dealkylation sites (tertiary alicyclic amines) is 1. The molecule has 2 aliphatic heterocycles. The van der Waals surface area contributed by atoms with Crippen LogP contribution in [0, 0.1) is 5.92 Å². The number of amides is 2. The van der Waals surface area contributed by atoms with E-state index in [9.17, 15) is 9.59 Å². The molecule has 2 saturated heterocycles. The summed E-state index contributed by atoms with van der Waals surface area (Å²) < 4.78 is 5.44. The van der Waals surface area contributed by atoms with Crippen molar-refractivity contribution in [3.8, 4) is 5.75 Å². The Kier molecular flexibility index (Phi) is 4.27. The van der Waals surface area contributed by atoms with Gasteiger partial charge in [-0.3, -0.25) is 9.59 Å². The Morgan fingerprint density at radius 1 is 1.12 bits per heavy atom. The number of benzene rings is 1. The van der Waals surface area contributed by atoms with E-state index in [0.717, 1.165) is 37.4 Å². The molecule has 0 spiro atoms. The lowest BCUT2D eigenvalue weighted by Gasteiger charge is -2.37. The summed E-state index contributed by atoms with van der Waals surface area (Å²) in [4.78, 5) is 31.0. The quantitative estimate of drug-likeness (QED) is 0.828. The van der Waals surface area contributed by atoms with Crippen LogP contribution in [0.3, 0.4) is 0 Å². The second kappa shape index (κ2) is 6.58. The van der Waals surface area contributed by atoms with Crippen LogP contribution in [0.25, 0.3) is 0 Å². The maximum atomic E-state index is 12.8. The minimum absolute atomic E-state index is 0.147. The topological polar surface area (TPSA) is 53.1 Å². The van der Waals surface area contributed by atoms with Crippen LogP contribution in [0.2, 0.25) is 0 Å². The van der Waals surface area contributed by atoms with Crippen molar-refractivity contribution in [3.05, 3.63) is 24.3 Å². The molecule has 6 heteroatoms. The highest BCUT2D eigenvalue weighted by atomic mass is 16.5. The van der Waals surface area contributed by atoms with Crippen molar-refractivity contribution in [2.24, 2.45) is 5.92 Å². The Morgan fingerprint density at radius 3 is 2.52 bits per heavy atom. The fourth-order valence-corrected chi connectivity index (χ4v) is 3.95. The molecule has 2 heterocycles. The zero-order valence-corrected chi connectivity index (χ0v) is 14.7. The molecule has 2 amide bonds. The minimum atomic E-state index is -0.147. The van der Waals surface area contributed by atoms with Gasteiger partial charge in [-0.2, -0.15) is 0 Å². The first kappa shape index (κ1) is 16.2. The SMILES string of the molecule is COc1ccccc1N1CCN(C(=O)[C@@H]2CC(=O)N(C3CC3)C2)CC1. The zero-order chi connectivity index (χ0) is 17.4. The summed E-state index contributed by atoms with van der Waals surface area (Å²) in [5, 5.41) is 0. The summed E-state index contributed by atoms with van der Waals surface area (Å²) in [5.41, 5.74) is 1.08. The van der Waals surface area contributed by atoms with Gasteiger partial charge in [-0.1, -0.05) is 12.1 Å². The molecule has 1 aliphatic carbocycles. The van der Waals surface area contributed by atoms with Crippen LogP contribution in [-0.4, -0.2) is 67.5 Å². The summed E-state index contributed by atoms with van der Waals surface area (Å²) in [6.45, 7) is 3.60. The molecule has 25 heavy (non-hydrogen) atoms. The van der Waals surface area contributed by atoms with Gasteiger partial charge in [0.2, 0.25) is 11.8 Å². The summed E-state index contributed by atoms with van der Waals surface area (Å²) in [5.74, 6) is 1.03. The normalized spacial score (nSPS) is 24.0. The molecule has 4 rings (SSSR count). The fourth-order valence-electron chi connectivity index (χ4n) is 3.95. The lowest BCUT2D eigenvalue weighted by Crippen LogP contribution is -2.50. The summed E-state index contributed by atoms with van der Waals surface area (Å²) in [6.07, 6.45) is 2.59. The van der Waals surface area contributed by atoms with Gasteiger partial charge < -0.3 is 19.4 Å². The van der Waals surface area contributed by atoms with E-state index in [4.69, 9.17) is 4.74 Å². The number of rotatable bonds is 4. The lowest BCUT2D eigenvalue weighted by atomic mass is 10.1. The first-order chi connectivity index (χ1) is 12.2. The summed E-state index contributed by atoms with van der Waals surface area (Å²) in [7, 11) is 1.68. The van der Waals surface area contributed by atoms with Gasteiger partial charge >= 0.3 is 0 Å². The first-order valence-corrected chi connectivity index (χ1v) is 9.13. The van der Waals surface area contributed by atoms with Crippen molar-refractivity contribution in [3.63, 3.8) is 0 Å². The van der Waals surface area contributed by atoms with Gasteiger partial charge in [0.15, 0.2) is 0 Å². The number of carbonyl (C=O) groups excluding carboxylic acids is 2. The fraction of sp³-hybridized carbons (Fsp3) is 0.579. The first-order valence-electron chi connectivity index (χ1n) is 9.13. The maximum absolute atomic E-state index is 12.8. The molecule has 0 aromatic heterocycles. The van der Waals surface area contributed by atoms with Crippen LogP contribution in [-0.2, 0) is 9.59 Å². The molecule has 0 bridgehead atoms. The monoisotopic (exact) mass is 343 g/mol. The predicted octanol–water partition coefficient (Wildman–Crippen LogP) is 1.35. The van der Waals surface area contributed by atoms with Gasteiger partial charge in [-0.05, 0) is 25.0 Å². The number of piperazine rings is 1. The molecule has 0 N–H and O–H groups in total. The second-order valence-corrected chi connectivity index (χ2v) is 7.16. The van der Waals surface area contributed by atoms with Crippen LogP contribution in [0.1, 0.15) is 19.3 Å². The molecular formula is C19H25N3O3. The smallest absolute Gasteiger partial charge is 0.228 e. The number of carbonyl (C=O) groups is 2. The highest BCUT2D eigenvalue weighted by molar-refractivity contribution is 5.89. The van der Waals surface area contributed by atoms with E-state index < -0.39 is 0 Å². The van der Waals surface area contributed by atoms with Gasteiger partial charge in [0.25, 0.3) is 0 Å². The van der Waals surface area contributed by atoms with Crippen LogP contribution >= 0.6 is 0 Å². The van der Waals surface area contributed by atoms with Crippen molar-refractivity contribution in [1.82, 2.24) is 9.80 Å². The van der Waals surface area contributed by atoms with Crippen molar-refractivity contribution < 1.29 is 14.3 Å². The molecule has 3 fully saturated rings. The van der Waals surface area contributed by atoms with E-state index in [-0.39, 0.29) is 17.7 Å². The second-order valence-electron chi connectivity index (χ2n) is 7.16.